The predicted octanol–water partition coefficient (Wildman–Crippen LogP) is 1.08. The zero-order chi connectivity index (χ0) is 17.8. The molecule has 0 bridgehead atoms. The van der Waals surface area contributed by atoms with Gasteiger partial charge in [0.2, 0.25) is 11.2 Å². The summed E-state index contributed by atoms with van der Waals surface area (Å²) in [6.45, 7) is 1.11. The van der Waals surface area contributed by atoms with E-state index in [0.717, 1.165) is 18.5 Å². The predicted molar refractivity (Wildman–Crippen MR) is 88.1 cm³/mol. The summed E-state index contributed by atoms with van der Waals surface area (Å²) in [6.07, 6.45) is 4.17. The number of hydrogen-bond donors (Lipinski definition) is 2. The third-order valence-corrected chi connectivity index (χ3v) is 4.48. The second-order valence-corrected chi connectivity index (χ2v) is 6.38. The molecule has 25 heavy (non-hydrogen) atoms. The molecular weight excluding hydrogens is 348 g/mol. The molecule has 0 spiro atoms. The van der Waals surface area contributed by atoms with Crippen molar-refractivity contribution in [1.82, 2.24) is 29.9 Å². The van der Waals surface area contributed by atoms with Gasteiger partial charge in [-0.15, -0.1) is 5.10 Å². The molecule has 2 aromatic heterocycles. The van der Waals surface area contributed by atoms with Gasteiger partial charge in [0.25, 0.3) is 0 Å². The van der Waals surface area contributed by atoms with Crippen LogP contribution in [0.4, 0.5) is 0 Å². The lowest BCUT2D eigenvalue weighted by Crippen LogP contribution is -2.39. The zero-order valence-electron chi connectivity index (χ0n) is 13.6. The van der Waals surface area contributed by atoms with Crippen molar-refractivity contribution in [2.24, 2.45) is 0 Å². The van der Waals surface area contributed by atoms with Crippen LogP contribution in [0.1, 0.15) is 36.7 Å². The number of carboxylic acids is 1. The van der Waals surface area contributed by atoms with Gasteiger partial charge in [-0.05, 0) is 30.5 Å². The third-order valence-electron chi connectivity index (χ3n) is 4.31. The van der Waals surface area contributed by atoms with Crippen molar-refractivity contribution in [1.29, 1.82) is 0 Å². The number of aromatic nitrogens is 5. The van der Waals surface area contributed by atoms with Crippen LogP contribution in [0.25, 0.3) is 0 Å². The van der Waals surface area contributed by atoms with E-state index in [9.17, 15) is 9.59 Å². The molecular formula is C15H19ClN6O3. The topological polar surface area (TPSA) is 117 Å². The number of hydrogen-bond acceptors (Lipinski definition) is 5. The Morgan fingerprint density at radius 2 is 2.28 bits per heavy atom. The van der Waals surface area contributed by atoms with Gasteiger partial charge in [-0.1, -0.05) is 0 Å². The van der Waals surface area contributed by atoms with Gasteiger partial charge in [-0.3, -0.25) is 19.4 Å². The standard InChI is InChI=1S/C15H19ClN6O3/c16-15-18-12(19-20-15)3-4-13(23)21-7-1-2-10(8-21)11-5-6-17-22(11)9-14(24)25/h5-6,10H,1-4,7-9H2,(H,24,25)(H,18,19,20). The highest BCUT2D eigenvalue weighted by Gasteiger charge is 2.27. The maximum atomic E-state index is 12.5. The van der Waals surface area contributed by atoms with Crippen molar-refractivity contribution in [3.63, 3.8) is 0 Å². The number of aliphatic carboxylic acids is 1. The van der Waals surface area contributed by atoms with E-state index >= 15 is 0 Å². The Morgan fingerprint density at radius 1 is 1.44 bits per heavy atom. The van der Waals surface area contributed by atoms with Gasteiger partial charge < -0.3 is 10.0 Å². The number of aryl methyl sites for hydroxylation is 1. The summed E-state index contributed by atoms with van der Waals surface area (Å²) >= 11 is 5.65. The molecule has 1 aliphatic heterocycles. The van der Waals surface area contributed by atoms with Crippen LogP contribution in [0.2, 0.25) is 5.28 Å². The van der Waals surface area contributed by atoms with E-state index in [-0.39, 0.29) is 23.7 Å². The summed E-state index contributed by atoms with van der Waals surface area (Å²) in [4.78, 5) is 29.2. The van der Waals surface area contributed by atoms with Gasteiger partial charge in [0.1, 0.15) is 12.4 Å². The van der Waals surface area contributed by atoms with E-state index < -0.39 is 5.97 Å². The van der Waals surface area contributed by atoms with Crippen molar-refractivity contribution in [2.45, 2.75) is 38.1 Å². The van der Waals surface area contributed by atoms with Gasteiger partial charge in [0, 0.05) is 43.7 Å². The number of likely N-dealkylation sites (tertiary alicyclic amines) is 1. The van der Waals surface area contributed by atoms with E-state index in [0.29, 0.717) is 31.8 Å². The van der Waals surface area contributed by atoms with E-state index in [2.05, 4.69) is 20.3 Å². The number of carboxylic acid groups (broad SMARTS) is 1. The molecule has 1 amide bonds. The lowest BCUT2D eigenvalue weighted by atomic mass is 9.94. The molecule has 1 aliphatic rings. The van der Waals surface area contributed by atoms with Crippen LogP contribution in [0.5, 0.6) is 0 Å². The first-order valence-corrected chi connectivity index (χ1v) is 8.49. The average molecular weight is 367 g/mol. The zero-order valence-corrected chi connectivity index (χ0v) is 14.3. The van der Waals surface area contributed by atoms with Crippen LogP contribution < -0.4 is 0 Å². The number of piperidine rings is 1. The van der Waals surface area contributed by atoms with Gasteiger partial charge in [-0.25, -0.2) is 4.98 Å². The summed E-state index contributed by atoms with van der Waals surface area (Å²) in [5.74, 6) is -0.202. The Bertz CT molecular complexity index is 758. The van der Waals surface area contributed by atoms with Crippen LogP contribution in [0.15, 0.2) is 12.3 Å². The van der Waals surface area contributed by atoms with Crippen molar-refractivity contribution in [3.8, 4) is 0 Å². The number of amides is 1. The highest BCUT2D eigenvalue weighted by atomic mass is 35.5. The van der Waals surface area contributed by atoms with Crippen LogP contribution in [-0.2, 0) is 22.6 Å². The summed E-state index contributed by atoms with van der Waals surface area (Å²) in [6, 6.07) is 1.83. The SMILES string of the molecule is O=C(O)Cn1nccc1C1CCCN(C(=O)CCc2nc(Cl)n[nH]2)C1. The minimum atomic E-state index is -0.931. The van der Waals surface area contributed by atoms with Crippen LogP contribution in [0, 0.1) is 0 Å². The number of halogens is 1. The molecule has 9 nitrogen and oxygen atoms in total. The van der Waals surface area contributed by atoms with Gasteiger partial charge >= 0.3 is 5.97 Å². The maximum Gasteiger partial charge on any atom is 0.325 e. The molecule has 2 aromatic rings. The Labute approximate surface area is 149 Å². The molecule has 10 heteroatoms. The molecule has 3 rings (SSSR count). The number of H-pyrrole nitrogens is 1. The monoisotopic (exact) mass is 366 g/mol. The van der Waals surface area contributed by atoms with Gasteiger partial charge in [-0.2, -0.15) is 5.10 Å². The molecule has 0 aromatic carbocycles. The largest absolute Gasteiger partial charge is 0.480 e. The fourth-order valence-corrected chi connectivity index (χ4v) is 3.31. The van der Waals surface area contributed by atoms with Crippen molar-refractivity contribution >= 4 is 23.5 Å². The van der Waals surface area contributed by atoms with Crippen LogP contribution >= 0.6 is 11.6 Å². The van der Waals surface area contributed by atoms with Crippen LogP contribution in [0.3, 0.4) is 0 Å². The number of rotatable bonds is 6. The van der Waals surface area contributed by atoms with Gasteiger partial charge in [0.15, 0.2) is 0 Å². The Morgan fingerprint density at radius 3 is 3.00 bits per heavy atom. The molecule has 0 saturated carbocycles. The second-order valence-electron chi connectivity index (χ2n) is 6.04. The van der Waals surface area contributed by atoms with E-state index in [1.165, 1.54) is 4.68 Å². The van der Waals surface area contributed by atoms with E-state index in [1.807, 2.05) is 11.0 Å². The lowest BCUT2D eigenvalue weighted by Gasteiger charge is -2.33. The number of aromatic amines is 1. The molecule has 2 N–H and O–H groups in total. The number of carbonyl (C=O) groups is 2. The minimum absolute atomic E-state index is 0.0431. The van der Waals surface area contributed by atoms with Crippen molar-refractivity contribution < 1.29 is 14.7 Å². The Kier molecular flexibility index (Phi) is 5.32. The first-order chi connectivity index (χ1) is 12.0. The number of carbonyl (C=O) groups excluding carboxylic acids is 1. The molecule has 0 radical (unpaired) electrons. The van der Waals surface area contributed by atoms with Gasteiger partial charge in [0.05, 0.1) is 0 Å². The van der Waals surface area contributed by atoms with Crippen molar-refractivity contribution in [2.75, 3.05) is 13.1 Å². The molecule has 1 unspecified atom stereocenters. The lowest BCUT2D eigenvalue weighted by molar-refractivity contribution is -0.138. The molecule has 1 fully saturated rings. The maximum absolute atomic E-state index is 12.5. The first kappa shape index (κ1) is 17.4. The van der Waals surface area contributed by atoms with Crippen LogP contribution in [-0.4, -0.2) is 59.9 Å². The van der Waals surface area contributed by atoms with Crippen molar-refractivity contribution in [3.05, 3.63) is 29.1 Å². The first-order valence-electron chi connectivity index (χ1n) is 8.11. The highest BCUT2D eigenvalue weighted by Crippen LogP contribution is 2.27. The minimum Gasteiger partial charge on any atom is -0.480 e. The molecule has 1 atom stereocenters. The average Bonchev–Trinajstić information content (AvgIpc) is 3.21. The normalized spacial score (nSPS) is 17.6. The van der Waals surface area contributed by atoms with E-state index in [4.69, 9.17) is 16.7 Å². The fraction of sp³-hybridized carbons (Fsp3) is 0.533. The molecule has 3 heterocycles. The highest BCUT2D eigenvalue weighted by molar-refractivity contribution is 6.28. The fourth-order valence-electron chi connectivity index (χ4n) is 3.16. The quantitative estimate of drug-likeness (QED) is 0.790. The summed E-state index contributed by atoms with van der Waals surface area (Å²) in [5.41, 5.74) is 0.863. The number of nitrogens with one attached hydrogen (secondary N) is 1. The second kappa shape index (κ2) is 7.64. The summed E-state index contributed by atoms with van der Waals surface area (Å²) in [5, 5.41) is 19.6. The Hall–Kier alpha value is -2.42. The smallest absolute Gasteiger partial charge is 0.325 e. The van der Waals surface area contributed by atoms with E-state index in [1.54, 1.807) is 6.20 Å². The molecule has 1 saturated heterocycles. The number of nitrogens with zero attached hydrogens (tertiary/aromatic N) is 5. The Balaban J connectivity index is 1.60. The molecule has 134 valence electrons. The molecule has 0 aliphatic carbocycles. The summed E-state index contributed by atoms with van der Waals surface area (Å²) in [7, 11) is 0. The summed E-state index contributed by atoms with van der Waals surface area (Å²) < 4.78 is 1.50. The third kappa shape index (κ3) is 4.36.